The molecule has 4 rings (SSSR count). The van der Waals surface area contributed by atoms with E-state index in [2.05, 4.69) is 4.99 Å². The van der Waals surface area contributed by atoms with Crippen molar-refractivity contribution < 1.29 is 28.8 Å². The van der Waals surface area contributed by atoms with Gasteiger partial charge in [-0.15, -0.1) is 0 Å². The van der Waals surface area contributed by atoms with E-state index in [0.29, 0.717) is 17.2 Å². The second-order valence-corrected chi connectivity index (χ2v) is 7.73. The lowest BCUT2D eigenvalue weighted by molar-refractivity contribution is 0.0696. The van der Waals surface area contributed by atoms with Gasteiger partial charge in [-0.3, -0.25) is 4.99 Å². The van der Waals surface area contributed by atoms with Crippen LogP contribution in [0.5, 0.6) is 28.7 Å². The van der Waals surface area contributed by atoms with Crippen molar-refractivity contribution in [2.75, 3.05) is 14.2 Å². The van der Waals surface area contributed by atoms with Crippen molar-refractivity contribution in [3.63, 3.8) is 0 Å². The van der Waals surface area contributed by atoms with Crippen LogP contribution in [0.2, 0.25) is 0 Å². The van der Waals surface area contributed by atoms with E-state index in [1.165, 1.54) is 0 Å². The monoisotopic (exact) mass is 483 g/mol. The standard InChI is InChI=1S/C29H25NO6/c1-33-24-11-13-26(14-12-24)36-25-9-7-23(8-10-25)30-18-20-6-15-27(28(17-20)34-2)35-19-21-4-3-5-22(16-21)29(31)32/h3-18H,19H2,1-2H3,(H,31,32). The molecule has 4 aromatic rings. The molecule has 0 atom stereocenters. The maximum Gasteiger partial charge on any atom is 0.335 e. The third-order valence-electron chi connectivity index (χ3n) is 5.25. The van der Waals surface area contributed by atoms with Crippen LogP contribution in [0.4, 0.5) is 5.69 Å². The fourth-order valence-electron chi connectivity index (χ4n) is 3.37. The molecule has 0 saturated heterocycles. The highest BCUT2D eigenvalue weighted by molar-refractivity contribution is 5.87. The molecule has 0 aliphatic carbocycles. The van der Waals surface area contributed by atoms with Gasteiger partial charge in [-0.1, -0.05) is 12.1 Å². The zero-order valence-electron chi connectivity index (χ0n) is 19.9. The Morgan fingerprint density at radius 2 is 1.50 bits per heavy atom. The second-order valence-electron chi connectivity index (χ2n) is 7.73. The van der Waals surface area contributed by atoms with Crippen LogP contribution in [0.25, 0.3) is 0 Å². The number of nitrogens with zero attached hydrogens (tertiary/aromatic N) is 1. The maximum atomic E-state index is 11.2. The lowest BCUT2D eigenvalue weighted by atomic mass is 10.1. The summed E-state index contributed by atoms with van der Waals surface area (Å²) in [6.45, 7) is 0.218. The number of carbonyl (C=O) groups is 1. The first-order chi connectivity index (χ1) is 17.5. The first kappa shape index (κ1) is 24.3. The Hall–Kier alpha value is -4.78. The van der Waals surface area contributed by atoms with Crippen LogP contribution < -0.4 is 18.9 Å². The molecule has 36 heavy (non-hydrogen) atoms. The number of aliphatic imine (C=N–C) groups is 1. The normalized spacial score (nSPS) is 10.7. The molecule has 182 valence electrons. The highest BCUT2D eigenvalue weighted by Gasteiger charge is 2.08. The molecular formula is C29H25NO6. The van der Waals surface area contributed by atoms with Crippen molar-refractivity contribution in [3.8, 4) is 28.7 Å². The van der Waals surface area contributed by atoms with Crippen molar-refractivity contribution in [1.29, 1.82) is 0 Å². The Bertz CT molecular complexity index is 1350. The minimum Gasteiger partial charge on any atom is -0.497 e. The van der Waals surface area contributed by atoms with Gasteiger partial charge in [-0.05, 0) is 90.0 Å². The summed E-state index contributed by atoms with van der Waals surface area (Å²) < 4.78 is 22.3. The van der Waals surface area contributed by atoms with Crippen molar-refractivity contribution in [1.82, 2.24) is 0 Å². The van der Waals surface area contributed by atoms with Crippen LogP contribution in [0, 0.1) is 0 Å². The number of ether oxygens (including phenoxy) is 4. The largest absolute Gasteiger partial charge is 0.497 e. The van der Waals surface area contributed by atoms with E-state index in [1.807, 2.05) is 66.7 Å². The zero-order chi connectivity index (χ0) is 25.3. The second kappa shape index (κ2) is 11.6. The van der Waals surface area contributed by atoms with E-state index < -0.39 is 5.97 Å². The number of aromatic carboxylic acids is 1. The summed E-state index contributed by atoms with van der Waals surface area (Å²) in [6.07, 6.45) is 1.74. The summed E-state index contributed by atoms with van der Waals surface area (Å²) in [6, 6.07) is 27.0. The van der Waals surface area contributed by atoms with Gasteiger partial charge in [0.1, 0.15) is 23.9 Å². The average Bonchev–Trinajstić information content (AvgIpc) is 2.92. The fourth-order valence-corrected chi connectivity index (χ4v) is 3.37. The summed E-state index contributed by atoms with van der Waals surface area (Å²) in [5, 5.41) is 9.15. The van der Waals surface area contributed by atoms with Crippen LogP contribution in [0.15, 0.2) is 96.0 Å². The summed E-state index contributed by atoms with van der Waals surface area (Å²) in [5.41, 5.74) is 2.58. The predicted molar refractivity (Wildman–Crippen MR) is 137 cm³/mol. The van der Waals surface area contributed by atoms with Crippen LogP contribution in [-0.4, -0.2) is 31.5 Å². The minimum absolute atomic E-state index is 0.218. The van der Waals surface area contributed by atoms with Crippen LogP contribution in [-0.2, 0) is 6.61 Å². The Morgan fingerprint density at radius 1 is 0.806 bits per heavy atom. The third kappa shape index (κ3) is 6.42. The summed E-state index contributed by atoms with van der Waals surface area (Å²) in [7, 11) is 3.19. The van der Waals surface area contributed by atoms with E-state index in [-0.39, 0.29) is 12.2 Å². The number of carboxylic acids is 1. The molecule has 1 N–H and O–H groups in total. The SMILES string of the molecule is COc1ccc(Oc2ccc(N=Cc3ccc(OCc4cccc(C(=O)O)c4)c(OC)c3)cc2)cc1. The Labute approximate surface area is 209 Å². The van der Waals surface area contributed by atoms with Crippen molar-refractivity contribution in [2.45, 2.75) is 6.61 Å². The van der Waals surface area contributed by atoms with Gasteiger partial charge < -0.3 is 24.1 Å². The minimum atomic E-state index is -0.975. The number of methoxy groups -OCH3 is 2. The molecule has 7 heteroatoms. The van der Waals surface area contributed by atoms with Gasteiger partial charge in [-0.25, -0.2) is 4.79 Å². The highest BCUT2D eigenvalue weighted by Crippen LogP contribution is 2.29. The first-order valence-corrected chi connectivity index (χ1v) is 11.1. The molecule has 0 fully saturated rings. The Kier molecular flexibility index (Phi) is 7.83. The molecule has 0 bridgehead atoms. The van der Waals surface area contributed by atoms with Crippen molar-refractivity contribution >= 4 is 17.9 Å². The summed E-state index contributed by atoms with van der Waals surface area (Å²) in [4.78, 5) is 15.7. The molecule has 4 aromatic carbocycles. The number of hydrogen-bond acceptors (Lipinski definition) is 6. The molecule has 7 nitrogen and oxygen atoms in total. The molecular weight excluding hydrogens is 458 g/mol. The van der Waals surface area contributed by atoms with E-state index >= 15 is 0 Å². The lowest BCUT2D eigenvalue weighted by Crippen LogP contribution is -2.01. The topological polar surface area (TPSA) is 86.6 Å². The van der Waals surface area contributed by atoms with Crippen LogP contribution >= 0.6 is 0 Å². The molecule has 0 amide bonds. The van der Waals surface area contributed by atoms with E-state index in [9.17, 15) is 4.79 Å². The van der Waals surface area contributed by atoms with Crippen molar-refractivity contribution in [2.24, 2.45) is 4.99 Å². The van der Waals surface area contributed by atoms with Gasteiger partial charge in [0, 0.05) is 6.21 Å². The van der Waals surface area contributed by atoms with Gasteiger partial charge in [0.15, 0.2) is 11.5 Å². The molecule has 0 spiro atoms. The molecule has 0 unspecified atom stereocenters. The van der Waals surface area contributed by atoms with Crippen molar-refractivity contribution in [3.05, 3.63) is 108 Å². The predicted octanol–water partition coefficient (Wildman–Crippen LogP) is 6.52. The van der Waals surface area contributed by atoms with E-state index in [1.54, 1.807) is 44.7 Å². The molecule has 0 saturated carbocycles. The summed E-state index contributed by atoms with van der Waals surface area (Å²) in [5.74, 6) is 2.32. The molecule has 0 aromatic heterocycles. The molecule has 0 radical (unpaired) electrons. The Morgan fingerprint density at radius 3 is 2.17 bits per heavy atom. The van der Waals surface area contributed by atoms with Crippen LogP contribution in [0.1, 0.15) is 21.5 Å². The van der Waals surface area contributed by atoms with E-state index in [4.69, 9.17) is 24.1 Å². The highest BCUT2D eigenvalue weighted by atomic mass is 16.5. The number of carboxylic acid groups (broad SMARTS) is 1. The maximum absolute atomic E-state index is 11.2. The number of rotatable bonds is 10. The third-order valence-corrected chi connectivity index (χ3v) is 5.25. The van der Waals surface area contributed by atoms with Gasteiger partial charge in [0.05, 0.1) is 25.5 Å². The molecule has 0 heterocycles. The number of benzene rings is 4. The van der Waals surface area contributed by atoms with Gasteiger partial charge in [0.2, 0.25) is 0 Å². The summed E-state index contributed by atoms with van der Waals surface area (Å²) >= 11 is 0. The lowest BCUT2D eigenvalue weighted by Gasteiger charge is -2.11. The first-order valence-electron chi connectivity index (χ1n) is 11.1. The van der Waals surface area contributed by atoms with E-state index in [0.717, 1.165) is 28.3 Å². The number of hydrogen-bond donors (Lipinski definition) is 1. The van der Waals surface area contributed by atoms with Gasteiger partial charge in [-0.2, -0.15) is 0 Å². The average molecular weight is 484 g/mol. The zero-order valence-corrected chi connectivity index (χ0v) is 19.9. The smallest absolute Gasteiger partial charge is 0.335 e. The van der Waals surface area contributed by atoms with Gasteiger partial charge >= 0.3 is 5.97 Å². The molecule has 0 aliphatic heterocycles. The Balaban J connectivity index is 1.38. The van der Waals surface area contributed by atoms with Crippen LogP contribution in [0.3, 0.4) is 0 Å². The fraction of sp³-hybridized carbons (Fsp3) is 0.103. The quantitative estimate of drug-likeness (QED) is 0.258. The molecule has 0 aliphatic rings. The van der Waals surface area contributed by atoms with Gasteiger partial charge in [0.25, 0.3) is 0 Å².